The molecule has 1 fully saturated rings. The normalized spacial score (nSPS) is 17.1. The molecule has 4 nitrogen and oxygen atoms in total. The zero-order chi connectivity index (χ0) is 30.7. The third-order valence-electron chi connectivity index (χ3n) is 9.12. The number of esters is 1. The summed E-state index contributed by atoms with van der Waals surface area (Å²) < 4.78 is 32.6. The molecular weight excluding hydrogens is 551 g/mol. The summed E-state index contributed by atoms with van der Waals surface area (Å²) in [6.07, 6.45) is 13.9. The van der Waals surface area contributed by atoms with E-state index in [1.807, 2.05) is 6.07 Å². The predicted octanol–water partition coefficient (Wildman–Crippen LogP) is 9.97. The minimum absolute atomic E-state index is 0.140. The van der Waals surface area contributed by atoms with Gasteiger partial charge in [-0.05, 0) is 115 Å². The zero-order valence-corrected chi connectivity index (χ0v) is 26.3. The average molecular weight is 599 g/mol. The molecule has 0 unspecified atom stereocenters. The van der Waals surface area contributed by atoms with Crippen molar-refractivity contribution in [3.05, 3.63) is 89.8 Å². The van der Waals surface area contributed by atoms with E-state index in [0.717, 1.165) is 94.3 Å². The lowest BCUT2D eigenvalue weighted by molar-refractivity contribution is -0.137. The summed E-state index contributed by atoms with van der Waals surface area (Å²) in [5.41, 5.74) is 7.73. The van der Waals surface area contributed by atoms with Crippen LogP contribution in [0.2, 0.25) is 0 Å². The van der Waals surface area contributed by atoms with Crippen molar-refractivity contribution in [3.63, 3.8) is 0 Å². The van der Waals surface area contributed by atoms with Gasteiger partial charge >= 0.3 is 5.97 Å². The fourth-order valence-corrected chi connectivity index (χ4v) is 6.61. The van der Waals surface area contributed by atoms with Gasteiger partial charge in [0.25, 0.3) is 0 Å². The maximum absolute atomic E-state index is 15.5. The maximum Gasteiger partial charge on any atom is 0.330 e. The standard InChI is InChI=1S/C39H47FO4/c1-3-5-8-21-43-34-17-20-36-32(26-34)25-31-24-30(14-18-35(31)36)37-19-13-29(27-38(37)40)28-11-15-33(16-12-28)42-22-9-6-7-10-23-44-39(41)4-2/h4,13-14,17-20,24,26-28,33H,2-3,5-12,15-16,21-23,25H2,1H3. The first-order valence-electron chi connectivity index (χ1n) is 16.6. The van der Waals surface area contributed by atoms with E-state index in [1.165, 1.54) is 41.2 Å². The number of benzene rings is 3. The Kier molecular flexibility index (Phi) is 11.7. The summed E-state index contributed by atoms with van der Waals surface area (Å²) in [6, 6.07) is 18.6. The monoisotopic (exact) mass is 598 g/mol. The van der Waals surface area contributed by atoms with Crippen LogP contribution in [0, 0.1) is 5.82 Å². The molecule has 3 aromatic carbocycles. The fourth-order valence-electron chi connectivity index (χ4n) is 6.61. The Hall–Kier alpha value is -3.44. The molecule has 5 heteroatoms. The highest BCUT2D eigenvalue weighted by Crippen LogP contribution is 2.41. The Bertz CT molecular complexity index is 1410. The van der Waals surface area contributed by atoms with E-state index < -0.39 is 0 Å². The summed E-state index contributed by atoms with van der Waals surface area (Å²) in [5, 5.41) is 0. The number of fused-ring (bicyclic) bond motifs is 3. The number of unbranched alkanes of at least 4 members (excludes halogenated alkanes) is 5. The van der Waals surface area contributed by atoms with Gasteiger partial charge < -0.3 is 14.2 Å². The zero-order valence-electron chi connectivity index (χ0n) is 26.3. The lowest BCUT2D eigenvalue weighted by Gasteiger charge is -2.29. The van der Waals surface area contributed by atoms with E-state index in [9.17, 15) is 4.79 Å². The summed E-state index contributed by atoms with van der Waals surface area (Å²) >= 11 is 0. The lowest BCUT2D eigenvalue weighted by Crippen LogP contribution is -2.21. The third kappa shape index (κ3) is 8.38. The summed E-state index contributed by atoms with van der Waals surface area (Å²) in [7, 11) is 0. The van der Waals surface area contributed by atoms with Crippen LogP contribution >= 0.6 is 0 Å². The van der Waals surface area contributed by atoms with Gasteiger partial charge in [-0.3, -0.25) is 0 Å². The highest BCUT2D eigenvalue weighted by molar-refractivity contribution is 5.81. The number of hydrogen-bond donors (Lipinski definition) is 0. The van der Waals surface area contributed by atoms with Crippen LogP contribution in [0.1, 0.15) is 100 Å². The molecule has 0 atom stereocenters. The van der Waals surface area contributed by atoms with Crippen molar-refractivity contribution in [2.75, 3.05) is 19.8 Å². The number of hydrogen-bond acceptors (Lipinski definition) is 4. The molecule has 0 aliphatic heterocycles. The number of carbonyl (C=O) groups is 1. The fraction of sp³-hybridized carbons (Fsp3) is 0.462. The molecule has 3 aromatic rings. The molecule has 0 spiro atoms. The van der Waals surface area contributed by atoms with E-state index >= 15 is 4.39 Å². The molecule has 44 heavy (non-hydrogen) atoms. The Labute approximate surface area is 262 Å². The van der Waals surface area contributed by atoms with Crippen molar-refractivity contribution in [2.45, 2.75) is 96.0 Å². The molecule has 0 radical (unpaired) electrons. The van der Waals surface area contributed by atoms with Gasteiger partial charge in [-0.2, -0.15) is 0 Å². The van der Waals surface area contributed by atoms with Gasteiger partial charge in [-0.15, -0.1) is 0 Å². The first kappa shape index (κ1) is 32.0. The first-order valence-corrected chi connectivity index (χ1v) is 16.6. The topological polar surface area (TPSA) is 44.8 Å². The first-order chi connectivity index (χ1) is 21.6. The molecule has 0 amide bonds. The van der Waals surface area contributed by atoms with Gasteiger partial charge in [0.2, 0.25) is 0 Å². The Morgan fingerprint density at radius 3 is 2.27 bits per heavy atom. The second kappa shape index (κ2) is 16.0. The summed E-state index contributed by atoms with van der Waals surface area (Å²) in [4.78, 5) is 11.1. The maximum atomic E-state index is 15.5. The van der Waals surface area contributed by atoms with Crippen LogP contribution in [-0.2, 0) is 20.7 Å². The molecule has 2 aliphatic carbocycles. The number of ether oxygens (including phenoxy) is 3. The minimum atomic E-state index is -0.355. The van der Waals surface area contributed by atoms with Crippen molar-refractivity contribution >= 4 is 5.97 Å². The molecule has 0 saturated heterocycles. The van der Waals surface area contributed by atoms with Crippen LogP contribution in [0.4, 0.5) is 4.39 Å². The molecule has 0 heterocycles. The van der Waals surface area contributed by atoms with Crippen molar-refractivity contribution in [1.82, 2.24) is 0 Å². The van der Waals surface area contributed by atoms with Gasteiger partial charge in [0, 0.05) is 18.2 Å². The molecule has 5 rings (SSSR count). The largest absolute Gasteiger partial charge is 0.494 e. The highest BCUT2D eigenvalue weighted by Gasteiger charge is 2.24. The van der Waals surface area contributed by atoms with Crippen LogP contribution in [-0.4, -0.2) is 31.9 Å². The van der Waals surface area contributed by atoms with E-state index in [0.29, 0.717) is 24.2 Å². The number of halogens is 1. The predicted molar refractivity (Wildman–Crippen MR) is 176 cm³/mol. The molecule has 0 bridgehead atoms. The van der Waals surface area contributed by atoms with Crippen LogP contribution in [0.15, 0.2) is 67.3 Å². The number of rotatable bonds is 16. The van der Waals surface area contributed by atoms with E-state index in [4.69, 9.17) is 14.2 Å². The average Bonchev–Trinajstić information content (AvgIpc) is 3.41. The van der Waals surface area contributed by atoms with Crippen molar-refractivity contribution in [1.29, 1.82) is 0 Å². The van der Waals surface area contributed by atoms with Crippen molar-refractivity contribution < 1.29 is 23.4 Å². The Morgan fingerprint density at radius 2 is 1.52 bits per heavy atom. The molecular formula is C39H47FO4. The van der Waals surface area contributed by atoms with Crippen LogP contribution in [0.3, 0.4) is 0 Å². The Balaban J connectivity index is 1.08. The highest BCUT2D eigenvalue weighted by atomic mass is 19.1. The quantitative estimate of drug-likeness (QED) is 0.0731. The van der Waals surface area contributed by atoms with Gasteiger partial charge in [-0.25, -0.2) is 9.18 Å². The summed E-state index contributed by atoms with van der Waals surface area (Å²) in [5.74, 6) is 0.821. The van der Waals surface area contributed by atoms with E-state index in [2.05, 4.69) is 56.0 Å². The van der Waals surface area contributed by atoms with Crippen molar-refractivity contribution in [3.8, 4) is 28.0 Å². The molecule has 1 saturated carbocycles. The molecule has 0 aromatic heterocycles. The second-order valence-corrected chi connectivity index (χ2v) is 12.3. The molecule has 0 N–H and O–H groups in total. The van der Waals surface area contributed by atoms with Gasteiger partial charge in [0.05, 0.1) is 19.3 Å². The number of carbonyl (C=O) groups excluding carboxylic acids is 1. The smallest absolute Gasteiger partial charge is 0.330 e. The molecule has 234 valence electrons. The van der Waals surface area contributed by atoms with Crippen LogP contribution in [0.5, 0.6) is 5.75 Å². The summed E-state index contributed by atoms with van der Waals surface area (Å²) in [6.45, 7) is 7.58. The van der Waals surface area contributed by atoms with E-state index in [-0.39, 0.29) is 11.8 Å². The Morgan fingerprint density at radius 1 is 0.818 bits per heavy atom. The minimum Gasteiger partial charge on any atom is -0.494 e. The van der Waals surface area contributed by atoms with Gasteiger partial charge in [0.1, 0.15) is 11.6 Å². The van der Waals surface area contributed by atoms with Crippen LogP contribution < -0.4 is 4.74 Å². The van der Waals surface area contributed by atoms with Crippen molar-refractivity contribution in [2.24, 2.45) is 0 Å². The van der Waals surface area contributed by atoms with Crippen LogP contribution in [0.25, 0.3) is 22.3 Å². The second-order valence-electron chi connectivity index (χ2n) is 12.3. The third-order valence-corrected chi connectivity index (χ3v) is 9.12. The molecule has 2 aliphatic rings. The van der Waals surface area contributed by atoms with E-state index in [1.54, 1.807) is 6.07 Å². The SMILES string of the molecule is C=CC(=O)OCCCCCCOC1CCC(c2ccc(-c3ccc4c(c3)Cc3cc(OCCCCC)ccc3-4)c(F)c2)CC1. The van der Waals surface area contributed by atoms with Gasteiger partial charge in [0.15, 0.2) is 0 Å². The van der Waals surface area contributed by atoms with Gasteiger partial charge in [-0.1, -0.05) is 69.2 Å². The lowest BCUT2D eigenvalue weighted by atomic mass is 9.82.